The third-order valence-electron chi connectivity index (χ3n) is 1.58. The van der Waals surface area contributed by atoms with E-state index < -0.39 is 5.97 Å². The Morgan fingerprint density at radius 3 is 2.75 bits per heavy atom. The number of nitrogens with one attached hydrogen (secondary N) is 1. The SMILES string of the molecule is [O]C(=O)c1nc2ccccc2[nH]1. The Labute approximate surface area is 67.9 Å². The second-order valence-corrected chi connectivity index (χ2v) is 2.39. The van der Waals surface area contributed by atoms with Gasteiger partial charge in [-0.3, -0.25) is 0 Å². The largest absolute Gasteiger partial charge is 0.421 e. The Hall–Kier alpha value is -1.84. The van der Waals surface area contributed by atoms with Crippen LogP contribution < -0.4 is 0 Å². The summed E-state index contributed by atoms with van der Waals surface area (Å²) in [5.74, 6) is -1.41. The van der Waals surface area contributed by atoms with Gasteiger partial charge in [-0.2, -0.15) is 0 Å². The van der Waals surface area contributed by atoms with E-state index in [1.54, 1.807) is 24.3 Å². The molecule has 0 aliphatic heterocycles. The molecule has 0 saturated heterocycles. The number of imidazole rings is 1. The molecule has 59 valence electrons. The highest BCUT2D eigenvalue weighted by molar-refractivity contribution is 5.88. The number of rotatable bonds is 1. The van der Waals surface area contributed by atoms with Crippen molar-refractivity contribution in [3.63, 3.8) is 0 Å². The Kier molecular flexibility index (Phi) is 1.33. The molecule has 1 radical (unpaired) electrons. The average molecular weight is 161 g/mol. The van der Waals surface area contributed by atoms with Gasteiger partial charge in [0.05, 0.1) is 11.0 Å². The molecule has 0 spiro atoms. The Morgan fingerprint density at radius 2 is 2.08 bits per heavy atom. The molecule has 0 atom stereocenters. The predicted octanol–water partition coefficient (Wildman–Crippen LogP) is 1.13. The zero-order valence-electron chi connectivity index (χ0n) is 6.07. The van der Waals surface area contributed by atoms with E-state index in [9.17, 15) is 9.90 Å². The van der Waals surface area contributed by atoms with Gasteiger partial charge in [-0.05, 0) is 12.1 Å². The molecule has 1 N–H and O–H groups in total. The first-order chi connectivity index (χ1) is 5.77. The number of benzene rings is 1. The van der Waals surface area contributed by atoms with Gasteiger partial charge in [-0.15, -0.1) is 0 Å². The van der Waals surface area contributed by atoms with Crippen LogP contribution in [-0.2, 0) is 5.11 Å². The molecule has 2 rings (SSSR count). The molecule has 4 nitrogen and oxygen atoms in total. The summed E-state index contributed by atoms with van der Waals surface area (Å²) in [4.78, 5) is 16.8. The van der Waals surface area contributed by atoms with Crippen molar-refractivity contribution in [3.8, 4) is 0 Å². The van der Waals surface area contributed by atoms with E-state index in [0.29, 0.717) is 11.0 Å². The van der Waals surface area contributed by atoms with Gasteiger partial charge in [0.2, 0.25) is 5.82 Å². The van der Waals surface area contributed by atoms with E-state index in [4.69, 9.17) is 0 Å². The summed E-state index contributed by atoms with van der Waals surface area (Å²) in [6.45, 7) is 0. The van der Waals surface area contributed by atoms with Crippen LogP contribution in [0, 0.1) is 0 Å². The molecule has 1 aromatic heterocycles. The van der Waals surface area contributed by atoms with Gasteiger partial charge in [0.15, 0.2) is 0 Å². The van der Waals surface area contributed by atoms with E-state index in [1.807, 2.05) is 0 Å². The first-order valence-corrected chi connectivity index (χ1v) is 3.43. The molecule has 2 aromatic rings. The fraction of sp³-hybridized carbons (Fsp3) is 0. The molecule has 0 bridgehead atoms. The number of aromatic nitrogens is 2. The van der Waals surface area contributed by atoms with Crippen LogP contribution in [-0.4, -0.2) is 15.9 Å². The van der Waals surface area contributed by atoms with E-state index in [2.05, 4.69) is 9.97 Å². The molecule has 12 heavy (non-hydrogen) atoms. The molecule has 0 fully saturated rings. The predicted molar refractivity (Wildman–Crippen MR) is 41.1 cm³/mol. The molecular formula is C8H5N2O2. The molecule has 0 aliphatic rings. The summed E-state index contributed by atoms with van der Waals surface area (Å²) >= 11 is 0. The normalized spacial score (nSPS) is 10.3. The second-order valence-electron chi connectivity index (χ2n) is 2.39. The summed E-state index contributed by atoms with van der Waals surface area (Å²) in [7, 11) is 0. The molecule has 4 heteroatoms. The summed E-state index contributed by atoms with van der Waals surface area (Å²) in [5.41, 5.74) is 1.34. The van der Waals surface area contributed by atoms with Crippen LogP contribution in [0.25, 0.3) is 11.0 Å². The number of fused-ring (bicyclic) bond motifs is 1. The van der Waals surface area contributed by atoms with Crippen LogP contribution in [0.1, 0.15) is 10.6 Å². The Morgan fingerprint density at radius 1 is 1.33 bits per heavy atom. The number of hydrogen-bond acceptors (Lipinski definition) is 2. The maximum absolute atomic E-state index is 10.4. The van der Waals surface area contributed by atoms with Crippen molar-refractivity contribution in [3.05, 3.63) is 30.1 Å². The fourth-order valence-electron chi connectivity index (χ4n) is 1.05. The fourth-order valence-corrected chi connectivity index (χ4v) is 1.05. The summed E-state index contributed by atoms with van der Waals surface area (Å²) in [5, 5.41) is 10.4. The van der Waals surface area contributed by atoms with Gasteiger partial charge in [0, 0.05) is 0 Å². The summed E-state index contributed by atoms with van der Waals surface area (Å²) < 4.78 is 0. The first kappa shape index (κ1) is 6.84. The minimum Gasteiger partial charge on any atom is -0.332 e. The maximum atomic E-state index is 10.4. The monoisotopic (exact) mass is 161 g/mol. The van der Waals surface area contributed by atoms with Gasteiger partial charge < -0.3 is 4.98 Å². The minimum absolute atomic E-state index is 0.129. The van der Waals surface area contributed by atoms with Crippen LogP contribution >= 0.6 is 0 Å². The van der Waals surface area contributed by atoms with Crippen molar-refractivity contribution in [2.75, 3.05) is 0 Å². The molecule has 0 aliphatic carbocycles. The summed E-state index contributed by atoms with van der Waals surface area (Å²) in [6, 6.07) is 7.09. The van der Waals surface area contributed by atoms with Gasteiger partial charge >= 0.3 is 5.97 Å². The molecule has 0 unspecified atom stereocenters. The zero-order valence-corrected chi connectivity index (χ0v) is 6.07. The number of aromatic amines is 1. The average Bonchev–Trinajstić information content (AvgIpc) is 2.46. The number of carbonyl (C=O) groups excluding carboxylic acids is 1. The molecule has 0 saturated carbocycles. The van der Waals surface area contributed by atoms with Gasteiger partial charge in [-0.1, -0.05) is 12.1 Å². The Bertz CT molecular complexity index is 400. The molecule has 1 aromatic carbocycles. The van der Waals surface area contributed by atoms with Gasteiger partial charge in [0.1, 0.15) is 0 Å². The lowest BCUT2D eigenvalue weighted by atomic mass is 10.3. The number of nitrogens with zero attached hydrogens (tertiary/aromatic N) is 1. The lowest BCUT2D eigenvalue weighted by Crippen LogP contribution is -1.95. The maximum Gasteiger partial charge on any atom is 0.421 e. The van der Waals surface area contributed by atoms with E-state index in [0.717, 1.165) is 0 Å². The van der Waals surface area contributed by atoms with Gasteiger partial charge in [0.25, 0.3) is 0 Å². The van der Waals surface area contributed by atoms with Crippen LogP contribution in [0.3, 0.4) is 0 Å². The third kappa shape index (κ3) is 0.934. The number of H-pyrrole nitrogens is 1. The first-order valence-electron chi connectivity index (χ1n) is 3.43. The summed E-state index contributed by atoms with van der Waals surface area (Å²) in [6.07, 6.45) is 0. The van der Waals surface area contributed by atoms with Crippen LogP contribution in [0.15, 0.2) is 24.3 Å². The number of hydrogen-bond donors (Lipinski definition) is 1. The zero-order chi connectivity index (χ0) is 8.55. The van der Waals surface area contributed by atoms with E-state index in [-0.39, 0.29) is 5.82 Å². The van der Waals surface area contributed by atoms with Crippen molar-refractivity contribution in [1.29, 1.82) is 0 Å². The molecule has 0 amide bonds. The second kappa shape index (κ2) is 2.34. The highest BCUT2D eigenvalue weighted by Crippen LogP contribution is 2.09. The van der Waals surface area contributed by atoms with Crippen molar-refractivity contribution < 1.29 is 9.90 Å². The van der Waals surface area contributed by atoms with E-state index in [1.165, 1.54) is 0 Å². The smallest absolute Gasteiger partial charge is 0.332 e. The van der Waals surface area contributed by atoms with Crippen molar-refractivity contribution in [2.24, 2.45) is 0 Å². The van der Waals surface area contributed by atoms with Crippen molar-refractivity contribution in [2.45, 2.75) is 0 Å². The van der Waals surface area contributed by atoms with Crippen LogP contribution in [0.5, 0.6) is 0 Å². The minimum atomic E-state index is -1.29. The van der Waals surface area contributed by atoms with Gasteiger partial charge in [-0.25, -0.2) is 14.9 Å². The lowest BCUT2D eigenvalue weighted by Gasteiger charge is -1.81. The number of carbonyl (C=O) groups is 1. The quantitative estimate of drug-likeness (QED) is 0.681. The Balaban J connectivity index is 2.70. The highest BCUT2D eigenvalue weighted by Gasteiger charge is 2.09. The topological polar surface area (TPSA) is 65.7 Å². The van der Waals surface area contributed by atoms with Crippen LogP contribution in [0.2, 0.25) is 0 Å². The molecule has 1 heterocycles. The highest BCUT2D eigenvalue weighted by atomic mass is 16.4. The van der Waals surface area contributed by atoms with Crippen molar-refractivity contribution in [1.82, 2.24) is 9.97 Å². The molecular weight excluding hydrogens is 156 g/mol. The van der Waals surface area contributed by atoms with Crippen LogP contribution in [0.4, 0.5) is 0 Å². The number of para-hydroxylation sites is 2. The third-order valence-corrected chi connectivity index (χ3v) is 1.58. The standard InChI is InChI=1S/C8H5N2O2/c11-8(12)7-9-5-3-1-2-4-6(5)10-7/h1-4H,(H,9,10). The van der Waals surface area contributed by atoms with Crippen molar-refractivity contribution >= 4 is 17.0 Å². The van der Waals surface area contributed by atoms with E-state index >= 15 is 0 Å². The lowest BCUT2D eigenvalue weighted by molar-refractivity contribution is 0.0560.